The summed E-state index contributed by atoms with van der Waals surface area (Å²) in [5, 5.41) is 7.49. The van der Waals surface area contributed by atoms with Crippen LogP contribution in [0.1, 0.15) is 80.5 Å². The highest BCUT2D eigenvalue weighted by molar-refractivity contribution is 6.09. The van der Waals surface area contributed by atoms with E-state index < -0.39 is 0 Å². The molecule has 228 valence electrons. The third kappa shape index (κ3) is 5.14. The molecule has 0 amide bonds. The average molecular weight is 595 g/mol. The number of fused-ring (bicyclic) bond motifs is 3. The largest absolute Gasteiger partial charge is 0.457 e. The minimum absolute atomic E-state index is 0.338. The minimum atomic E-state index is 0.338. The van der Waals surface area contributed by atoms with Gasteiger partial charge in [-0.2, -0.15) is 5.10 Å². The minimum Gasteiger partial charge on any atom is -0.457 e. The molecule has 0 radical (unpaired) electrons. The van der Waals surface area contributed by atoms with Crippen LogP contribution in [0.5, 0.6) is 11.5 Å². The molecule has 3 heterocycles. The average Bonchev–Trinajstić information content (AvgIpc) is 3.50. The van der Waals surface area contributed by atoms with Crippen molar-refractivity contribution in [2.45, 2.75) is 73.1 Å². The number of nitrogens with zero attached hydrogens (tertiary/aromatic N) is 4. The molecule has 0 aliphatic heterocycles. The molecule has 1 aliphatic rings. The molecule has 3 aromatic carbocycles. The lowest BCUT2D eigenvalue weighted by Gasteiger charge is -2.29. The van der Waals surface area contributed by atoms with Crippen LogP contribution in [-0.4, -0.2) is 19.3 Å². The number of rotatable bonds is 6. The van der Waals surface area contributed by atoms with Crippen LogP contribution >= 0.6 is 0 Å². The fraction of sp³-hybridized carbons (Fsp3) is 0.300. The van der Waals surface area contributed by atoms with E-state index in [0.29, 0.717) is 17.8 Å². The molecule has 0 fully saturated rings. The number of hydrogen-bond donors (Lipinski definition) is 0. The number of hydrogen-bond acceptors (Lipinski definition) is 3. The van der Waals surface area contributed by atoms with Crippen LogP contribution < -0.4 is 4.74 Å². The quantitative estimate of drug-likeness (QED) is 0.180. The number of aromatic nitrogens is 4. The molecule has 6 aromatic rings. The number of benzene rings is 3. The van der Waals surface area contributed by atoms with E-state index in [-0.39, 0.29) is 0 Å². The molecular weight excluding hydrogens is 552 g/mol. The van der Waals surface area contributed by atoms with Crippen molar-refractivity contribution in [2.75, 3.05) is 0 Å². The summed E-state index contributed by atoms with van der Waals surface area (Å²) in [5.74, 6) is 3.86. The molecule has 0 N–H and O–H groups in total. The van der Waals surface area contributed by atoms with Gasteiger partial charge in [-0.15, -0.1) is 0 Å². The van der Waals surface area contributed by atoms with Crippen LogP contribution in [-0.2, 0) is 0 Å². The molecule has 45 heavy (non-hydrogen) atoms. The summed E-state index contributed by atoms with van der Waals surface area (Å²) in [6.07, 6.45) is 6.68. The van der Waals surface area contributed by atoms with Crippen molar-refractivity contribution < 1.29 is 4.74 Å². The molecule has 0 bridgehead atoms. The standard InChI is InChI=1S/C40H42N4O/c1-24(2)30-20-31(44-29(7)40(28(6)42-44)39-26(4)11-10-12-27(39)5)22-33(21-30)45-32-15-16-35-34-13-8-9-14-36(34)43(37(35)23-32)38-19-25(3)17-18-41-38/h8-9,11,13-24,27,39H,10,12H2,1-7H3/t27-,39?/m0/s1. The number of para-hydroxylation sites is 1. The zero-order valence-corrected chi connectivity index (χ0v) is 27.4. The van der Waals surface area contributed by atoms with Crippen LogP contribution in [0.2, 0.25) is 0 Å². The van der Waals surface area contributed by atoms with Gasteiger partial charge in [0.05, 0.1) is 22.4 Å². The van der Waals surface area contributed by atoms with Crippen molar-refractivity contribution in [2.24, 2.45) is 5.92 Å². The first-order valence-corrected chi connectivity index (χ1v) is 16.2. The van der Waals surface area contributed by atoms with Crippen LogP contribution in [0.4, 0.5) is 0 Å². The molecule has 1 aliphatic carbocycles. The first-order valence-electron chi connectivity index (χ1n) is 16.2. The SMILES string of the molecule is CC1=CCC[C@H](C)C1c1c(C)nn(-c2cc(Oc3ccc4c5ccccc5n(-c5cc(C)ccn5)c4c3)cc(C(C)C)c2)c1C. The monoisotopic (exact) mass is 594 g/mol. The highest BCUT2D eigenvalue weighted by Crippen LogP contribution is 2.42. The Labute approximate surface area is 266 Å². The van der Waals surface area contributed by atoms with E-state index in [1.165, 1.54) is 51.6 Å². The highest BCUT2D eigenvalue weighted by Gasteiger charge is 2.29. The van der Waals surface area contributed by atoms with Gasteiger partial charge in [-0.3, -0.25) is 4.57 Å². The van der Waals surface area contributed by atoms with Crippen LogP contribution in [0.25, 0.3) is 33.3 Å². The van der Waals surface area contributed by atoms with Gasteiger partial charge >= 0.3 is 0 Å². The topological polar surface area (TPSA) is 44.9 Å². The Morgan fingerprint density at radius 2 is 1.64 bits per heavy atom. The second-order valence-corrected chi connectivity index (χ2v) is 13.2. The van der Waals surface area contributed by atoms with E-state index in [1.807, 2.05) is 12.3 Å². The van der Waals surface area contributed by atoms with Crippen molar-refractivity contribution in [3.63, 3.8) is 0 Å². The summed E-state index contributed by atoms with van der Waals surface area (Å²) in [5.41, 5.74) is 10.8. The fourth-order valence-corrected chi connectivity index (χ4v) is 7.34. The van der Waals surface area contributed by atoms with E-state index in [1.54, 1.807) is 0 Å². The number of allylic oxidation sites excluding steroid dienone is 2. The Kier molecular flexibility index (Phi) is 7.35. The fourth-order valence-electron chi connectivity index (χ4n) is 7.34. The first-order chi connectivity index (χ1) is 21.7. The number of aryl methyl sites for hydroxylation is 2. The number of ether oxygens (including phenoxy) is 1. The van der Waals surface area contributed by atoms with Gasteiger partial charge in [-0.05, 0) is 106 Å². The third-order valence-electron chi connectivity index (χ3n) is 9.64. The molecule has 0 saturated carbocycles. The van der Waals surface area contributed by atoms with Crippen LogP contribution in [0.3, 0.4) is 0 Å². The Balaban J connectivity index is 1.32. The Hall–Kier alpha value is -4.64. The smallest absolute Gasteiger partial charge is 0.137 e. The van der Waals surface area contributed by atoms with Crippen molar-refractivity contribution in [3.8, 4) is 23.0 Å². The van der Waals surface area contributed by atoms with Gasteiger partial charge in [0.2, 0.25) is 0 Å². The molecule has 0 spiro atoms. The maximum Gasteiger partial charge on any atom is 0.137 e. The third-order valence-corrected chi connectivity index (χ3v) is 9.64. The van der Waals surface area contributed by atoms with E-state index in [4.69, 9.17) is 14.8 Å². The summed E-state index contributed by atoms with van der Waals surface area (Å²) in [6.45, 7) is 15.6. The molecule has 5 nitrogen and oxygen atoms in total. The maximum atomic E-state index is 6.69. The van der Waals surface area contributed by atoms with Crippen molar-refractivity contribution in [3.05, 3.63) is 119 Å². The Morgan fingerprint density at radius 3 is 2.42 bits per heavy atom. The van der Waals surface area contributed by atoms with Crippen molar-refractivity contribution in [1.29, 1.82) is 0 Å². The summed E-state index contributed by atoms with van der Waals surface area (Å²) >= 11 is 0. The Bertz CT molecular complexity index is 2090. The lowest BCUT2D eigenvalue weighted by molar-refractivity contribution is 0.447. The molecule has 3 aromatic heterocycles. The lowest BCUT2D eigenvalue weighted by atomic mass is 9.75. The molecule has 1 unspecified atom stereocenters. The van der Waals surface area contributed by atoms with Gasteiger partial charge in [0.1, 0.15) is 17.3 Å². The van der Waals surface area contributed by atoms with Gasteiger partial charge in [0.15, 0.2) is 0 Å². The first kappa shape index (κ1) is 29.1. The van der Waals surface area contributed by atoms with E-state index in [0.717, 1.165) is 39.7 Å². The summed E-state index contributed by atoms with van der Waals surface area (Å²) in [7, 11) is 0. The molecule has 0 saturated heterocycles. The van der Waals surface area contributed by atoms with Gasteiger partial charge in [0.25, 0.3) is 0 Å². The van der Waals surface area contributed by atoms with Crippen LogP contribution in [0.15, 0.2) is 90.6 Å². The van der Waals surface area contributed by atoms with Crippen LogP contribution in [0, 0.1) is 26.7 Å². The highest BCUT2D eigenvalue weighted by atomic mass is 16.5. The molecular formula is C40H42N4O. The van der Waals surface area contributed by atoms with Gasteiger partial charge in [-0.25, -0.2) is 9.67 Å². The van der Waals surface area contributed by atoms with Crippen molar-refractivity contribution in [1.82, 2.24) is 19.3 Å². The molecule has 7 rings (SSSR count). The Morgan fingerprint density at radius 1 is 0.844 bits per heavy atom. The van der Waals surface area contributed by atoms with Gasteiger partial charge in [0, 0.05) is 46.3 Å². The molecule has 5 heteroatoms. The number of pyridine rings is 1. The van der Waals surface area contributed by atoms with Crippen molar-refractivity contribution >= 4 is 21.8 Å². The van der Waals surface area contributed by atoms with E-state index in [2.05, 4.69) is 131 Å². The summed E-state index contributed by atoms with van der Waals surface area (Å²) in [6, 6.07) is 25.6. The summed E-state index contributed by atoms with van der Waals surface area (Å²) in [4.78, 5) is 4.74. The van der Waals surface area contributed by atoms with Gasteiger partial charge < -0.3 is 4.74 Å². The summed E-state index contributed by atoms with van der Waals surface area (Å²) < 4.78 is 11.1. The predicted octanol–water partition coefficient (Wildman–Crippen LogP) is 10.7. The molecule has 2 atom stereocenters. The van der Waals surface area contributed by atoms with Gasteiger partial charge in [-0.1, -0.05) is 50.6 Å². The van der Waals surface area contributed by atoms with E-state index >= 15 is 0 Å². The maximum absolute atomic E-state index is 6.69. The lowest BCUT2D eigenvalue weighted by Crippen LogP contribution is -2.16. The van der Waals surface area contributed by atoms with E-state index in [9.17, 15) is 0 Å². The normalized spacial score (nSPS) is 16.9. The second kappa shape index (κ2) is 11.4. The zero-order valence-electron chi connectivity index (χ0n) is 27.4. The second-order valence-electron chi connectivity index (χ2n) is 13.2. The zero-order chi connectivity index (χ0) is 31.4. The predicted molar refractivity (Wildman–Crippen MR) is 185 cm³/mol.